The average Bonchev–Trinajstić information content (AvgIpc) is 2.84. The number of benzene rings is 1. The van der Waals surface area contributed by atoms with Gasteiger partial charge < -0.3 is 9.88 Å². The fourth-order valence-electron chi connectivity index (χ4n) is 1.94. The molecule has 0 aliphatic heterocycles. The number of nitrogens with one attached hydrogen (secondary N) is 2. The van der Waals surface area contributed by atoms with Crippen molar-refractivity contribution in [3.05, 3.63) is 36.0 Å². The SMILES string of the molecule is CCN(CC)C(=S)N/N=C\c1c[nH]c2ccccc12. The molecule has 100 valence electrons. The van der Waals surface area contributed by atoms with Gasteiger partial charge in [-0.15, -0.1) is 0 Å². The van der Waals surface area contributed by atoms with Crippen molar-refractivity contribution in [1.82, 2.24) is 15.3 Å². The molecule has 1 aromatic carbocycles. The molecule has 0 spiro atoms. The molecule has 0 atom stereocenters. The molecule has 0 radical (unpaired) electrons. The average molecular weight is 274 g/mol. The second kappa shape index (κ2) is 6.33. The molecule has 1 heterocycles. The van der Waals surface area contributed by atoms with Crippen molar-refractivity contribution < 1.29 is 0 Å². The van der Waals surface area contributed by atoms with E-state index in [2.05, 4.69) is 35.4 Å². The maximum absolute atomic E-state index is 5.26. The van der Waals surface area contributed by atoms with E-state index in [1.807, 2.05) is 29.3 Å². The number of fused-ring (bicyclic) bond motifs is 1. The zero-order chi connectivity index (χ0) is 13.7. The molecule has 5 heteroatoms. The molecule has 0 aliphatic rings. The van der Waals surface area contributed by atoms with Gasteiger partial charge in [0.05, 0.1) is 6.21 Å². The summed E-state index contributed by atoms with van der Waals surface area (Å²) in [6, 6.07) is 8.13. The zero-order valence-corrected chi connectivity index (χ0v) is 12.0. The lowest BCUT2D eigenvalue weighted by Crippen LogP contribution is -2.37. The first-order chi connectivity index (χ1) is 9.26. The largest absolute Gasteiger partial charge is 0.361 e. The van der Waals surface area contributed by atoms with Crippen LogP contribution >= 0.6 is 12.2 Å². The van der Waals surface area contributed by atoms with E-state index in [9.17, 15) is 0 Å². The van der Waals surface area contributed by atoms with Crippen LogP contribution in [0, 0.1) is 0 Å². The minimum absolute atomic E-state index is 0.654. The van der Waals surface area contributed by atoms with Gasteiger partial charge in [-0.2, -0.15) is 5.10 Å². The standard InChI is InChI=1S/C14H18N4S/c1-3-18(4-2)14(19)17-16-10-11-9-15-13-8-6-5-7-12(11)13/h5-10,15H,3-4H2,1-2H3,(H,17,19)/b16-10-. The Hall–Kier alpha value is -1.88. The fourth-order valence-corrected chi connectivity index (χ4v) is 2.25. The number of aromatic nitrogens is 1. The summed E-state index contributed by atoms with van der Waals surface area (Å²) in [5, 5.41) is 6.01. The van der Waals surface area contributed by atoms with Crippen LogP contribution in [0.4, 0.5) is 0 Å². The van der Waals surface area contributed by atoms with E-state index in [1.165, 1.54) is 0 Å². The first-order valence-corrected chi connectivity index (χ1v) is 6.81. The Balaban J connectivity index is 2.05. The van der Waals surface area contributed by atoms with Gasteiger partial charge in [0.15, 0.2) is 5.11 Å². The van der Waals surface area contributed by atoms with Crippen LogP contribution in [-0.2, 0) is 0 Å². The van der Waals surface area contributed by atoms with Gasteiger partial charge in [-0.05, 0) is 32.1 Å². The van der Waals surface area contributed by atoms with Gasteiger partial charge in [0.2, 0.25) is 0 Å². The Morgan fingerprint density at radius 1 is 1.37 bits per heavy atom. The van der Waals surface area contributed by atoms with E-state index in [0.717, 1.165) is 29.6 Å². The minimum Gasteiger partial charge on any atom is -0.361 e. The van der Waals surface area contributed by atoms with Gasteiger partial charge in [-0.25, -0.2) is 0 Å². The first kappa shape index (κ1) is 13.5. The summed E-state index contributed by atoms with van der Waals surface area (Å²) in [5.41, 5.74) is 5.05. The van der Waals surface area contributed by atoms with Crippen molar-refractivity contribution >= 4 is 34.4 Å². The van der Waals surface area contributed by atoms with Gasteiger partial charge in [-0.3, -0.25) is 5.43 Å². The summed E-state index contributed by atoms with van der Waals surface area (Å²) in [5.74, 6) is 0. The number of hydrogen-bond donors (Lipinski definition) is 2. The van der Waals surface area contributed by atoms with Gasteiger partial charge in [0.1, 0.15) is 0 Å². The number of hydrazone groups is 1. The molecule has 2 rings (SSSR count). The molecule has 0 fully saturated rings. The van der Waals surface area contributed by atoms with E-state index in [0.29, 0.717) is 5.11 Å². The van der Waals surface area contributed by atoms with Crippen molar-refractivity contribution in [2.75, 3.05) is 13.1 Å². The van der Waals surface area contributed by atoms with Crippen molar-refractivity contribution in [1.29, 1.82) is 0 Å². The molecule has 2 aromatic rings. The van der Waals surface area contributed by atoms with Gasteiger partial charge in [-0.1, -0.05) is 18.2 Å². The van der Waals surface area contributed by atoms with Crippen molar-refractivity contribution in [2.24, 2.45) is 5.10 Å². The minimum atomic E-state index is 0.654. The van der Waals surface area contributed by atoms with Gasteiger partial charge in [0.25, 0.3) is 0 Å². The number of nitrogens with zero attached hydrogens (tertiary/aromatic N) is 2. The van der Waals surface area contributed by atoms with E-state index in [-0.39, 0.29) is 0 Å². The van der Waals surface area contributed by atoms with Gasteiger partial charge in [0, 0.05) is 35.8 Å². The summed E-state index contributed by atoms with van der Waals surface area (Å²) in [6.45, 7) is 5.90. The van der Waals surface area contributed by atoms with Crippen LogP contribution in [0.25, 0.3) is 10.9 Å². The Bertz CT molecular complexity index is 584. The Morgan fingerprint density at radius 3 is 2.84 bits per heavy atom. The lowest BCUT2D eigenvalue weighted by molar-refractivity contribution is 0.458. The predicted molar refractivity (Wildman–Crippen MR) is 84.5 cm³/mol. The van der Waals surface area contributed by atoms with Crippen LogP contribution in [0.2, 0.25) is 0 Å². The molecular weight excluding hydrogens is 256 g/mol. The van der Waals surface area contributed by atoms with E-state index >= 15 is 0 Å². The third kappa shape index (κ3) is 3.12. The molecule has 0 bridgehead atoms. The smallest absolute Gasteiger partial charge is 0.189 e. The molecular formula is C14H18N4S. The second-order valence-electron chi connectivity index (χ2n) is 4.14. The first-order valence-electron chi connectivity index (χ1n) is 6.40. The van der Waals surface area contributed by atoms with Crippen LogP contribution in [0.1, 0.15) is 19.4 Å². The molecule has 2 N–H and O–H groups in total. The molecule has 1 aromatic heterocycles. The number of rotatable bonds is 4. The molecule has 0 saturated carbocycles. The number of thiocarbonyl (C=S) groups is 1. The highest BCUT2D eigenvalue weighted by Crippen LogP contribution is 2.15. The van der Waals surface area contributed by atoms with E-state index < -0.39 is 0 Å². The molecule has 0 aliphatic carbocycles. The van der Waals surface area contributed by atoms with E-state index in [4.69, 9.17) is 12.2 Å². The van der Waals surface area contributed by atoms with Crippen LogP contribution in [0.3, 0.4) is 0 Å². The molecule has 0 saturated heterocycles. The highest BCUT2D eigenvalue weighted by atomic mass is 32.1. The van der Waals surface area contributed by atoms with Gasteiger partial charge >= 0.3 is 0 Å². The number of hydrogen-bond acceptors (Lipinski definition) is 2. The summed E-state index contributed by atoms with van der Waals surface area (Å²) in [6.07, 6.45) is 3.73. The third-order valence-electron chi connectivity index (χ3n) is 3.04. The highest BCUT2D eigenvalue weighted by Gasteiger charge is 2.03. The van der Waals surface area contributed by atoms with Crippen LogP contribution in [0.5, 0.6) is 0 Å². The lowest BCUT2D eigenvalue weighted by Gasteiger charge is -2.20. The maximum atomic E-state index is 5.26. The normalized spacial score (nSPS) is 11.1. The Labute approximate surface area is 118 Å². The van der Waals surface area contributed by atoms with Crippen molar-refractivity contribution in [3.8, 4) is 0 Å². The van der Waals surface area contributed by atoms with Crippen molar-refractivity contribution in [3.63, 3.8) is 0 Å². The zero-order valence-electron chi connectivity index (χ0n) is 11.2. The summed E-state index contributed by atoms with van der Waals surface area (Å²) < 4.78 is 0. The van der Waals surface area contributed by atoms with E-state index in [1.54, 1.807) is 6.21 Å². The maximum Gasteiger partial charge on any atom is 0.189 e. The summed E-state index contributed by atoms with van der Waals surface area (Å²) >= 11 is 5.26. The predicted octanol–water partition coefficient (Wildman–Crippen LogP) is 2.72. The quantitative estimate of drug-likeness (QED) is 0.512. The topological polar surface area (TPSA) is 43.4 Å². The summed E-state index contributed by atoms with van der Waals surface area (Å²) in [4.78, 5) is 5.25. The highest BCUT2D eigenvalue weighted by molar-refractivity contribution is 7.80. The number of aromatic amines is 1. The number of H-pyrrole nitrogens is 1. The monoisotopic (exact) mass is 274 g/mol. The molecule has 0 amide bonds. The van der Waals surface area contributed by atoms with Crippen LogP contribution in [0.15, 0.2) is 35.6 Å². The second-order valence-corrected chi connectivity index (χ2v) is 4.52. The third-order valence-corrected chi connectivity index (χ3v) is 3.39. The summed E-state index contributed by atoms with van der Waals surface area (Å²) in [7, 11) is 0. The molecule has 19 heavy (non-hydrogen) atoms. The Morgan fingerprint density at radius 2 is 2.11 bits per heavy atom. The van der Waals surface area contributed by atoms with Crippen molar-refractivity contribution in [2.45, 2.75) is 13.8 Å². The number of para-hydroxylation sites is 1. The molecule has 4 nitrogen and oxygen atoms in total. The lowest BCUT2D eigenvalue weighted by atomic mass is 10.2. The fraction of sp³-hybridized carbons (Fsp3) is 0.286. The molecule has 0 unspecified atom stereocenters. The Kier molecular flexibility index (Phi) is 4.52. The van der Waals surface area contributed by atoms with Crippen LogP contribution in [-0.4, -0.2) is 34.3 Å². The van der Waals surface area contributed by atoms with Crippen LogP contribution < -0.4 is 5.43 Å².